The van der Waals surface area contributed by atoms with Crippen molar-refractivity contribution in [2.24, 2.45) is 5.73 Å². The number of aryl methyl sites for hydroxylation is 1. The van der Waals surface area contributed by atoms with Crippen molar-refractivity contribution in [3.8, 4) is 11.8 Å². The summed E-state index contributed by atoms with van der Waals surface area (Å²) in [5.74, 6) is -0.391. The van der Waals surface area contributed by atoms with Gasteiger partial charge in [0.2, 0.25) is 5.91 Å². The van der Waals surface area contributed by atoms with E-state index in [0.717, 1.165) is 0 Å². The topological polar surface area (TPSA) is 120 Å². The second-order valence-electron chi connectivity index (χ2n) is 8.86. The molecule has 1 saturated heterocycles. The lowest BCUT2D eigenvalue weighted by Crippen LogP contribution is -2.38. The van der Waals surface area contributed by atoms with Crippen LogP contribution in [0.1, 0.15) is 35.0 Å². The van der Waals surface area contributed by atoms with Crippen molar-refractivity contribution in [2.75, 3.05) is 32.6 Å². The number of nitrogens with zero attached hydrogens (tertiary/aromatic N) is 5. The van der Waals surface area contributed by atoms with Gasteiger partial charge in [-0.15, -0.1) is 12.6 Å². The zero-order valence-corrected chi connectivity index (χ0v) is 22.3. The molecular weight excluding hydrogens is 535 g/mol. The van der Waals surface area contributed by atoms with Crippen molar-refractivity contribution in [1.82, 2.24) is 24.2 Å². The Morgan fingerprint density at radius 3 is 2.64 bits per heavy atom. The number of hydrogen-bond donors (Lipinski definition) is 3. The number of carbonyl (C=O) groups excluding carboxylic acids is 2. The average Bonchev–Trinajstić information content (AvgIpc) is 3.61. The molecule has 0 aliphatic carbocycles. The highest BCUT2D eigenvalue weighted by Crippen LogP contribution is 2.40. The van der Waals surface area contributed by atoms with E-state index in [1.54, 1.807) is 6.92 Å². The summed E-state index contributed by atoms with van der Waals surface area (Å²) in [6, 6.07) is -0.390. The molecule has 2 aromatic heterocycles. The predicted molar refractivity (Wildman–Crippen MR) is 141 cm³/mol. The van der Waals surface area contributed by atoms with Crippen molar-refractivity contribution >= 4 is 41.3 Å². The summed E-state index contributed by atoms with van der Waals surface area (Å²) in [5, 5.41) is 7.23. The van der Waals surface area contributed by atoms with Gasteiger partial charge in [-0.2, -0.15) is 5.10 Å². The Labute approximate surface area is 227 Å². The van der Waals surface area contributed by atoms with Crippen LogP contribution in [0.25, 0.3) is 11.0 Å². The van der Waals surface area contributed by atoms with Gasteiger partial charge >= 0.3 is 0 Å². The largest absolute Gasteiger partial charge is 0.383 e. The number of likely N-dealkylation sites (tertiary alicyclic amines) is 1. The van der Waals surface area contributed by atoms with Gasteiger partial charge in [-0.1, -0.05) is 12.5 Å². The van der Waals surface area contributed by atoms with Gasteiger partial charge < -0.3 is 25.3 Å². The van der Waals surface area contributed by atoms with Crippen LogP contribution in [0.5, 0.6) is 0 Å². The minimum Gasteiger partial charge on any atom is -0.383 e. The molecule has 39 heavy (non-hydrogen) atoms. The molecule has 0 unspecified atom stereocenters. The maximum Gasteiger partial charge on any atom is 0.255 e. The SMILES string of the molecule is C=CC(=O)N1C[C@@](S)(n2nc(C#Cc3c(F)c(F)c4c(ncn4CC)c3F)c(C(N)=O)c2NC)C[C@@H]1COC. The number of methoxy groups -OCH3 is 1. The predicted octanol–water partition coefficient (Wildman–Crippen LogP) is 2.23. The first-order valence-electron chi connectivity index (χ1n) is 11.8. The minimum atomic E-state index is -1.50. The van der Waals surface area contributed by atoms with E-state index in [0.29, 0.717) is 0 Å². The maximum atomic E-state index is 15.2. The van der Waals surface area contributed by atoms with Crippen LogP contribution in [0.15, 0.2) is 19.0 Å². The lowest BCUT2D eigenvalue weighted by atomic mass is 10.1. The Kier molecular flexibility index (Phi) is 7.67. The van der Waals surface area contributed by atoms with Crippen LogP contribution in [0.4, 0.5) is 19.0 Å². The second-order valence-corrected chi connectivity index (χ2v) is 9.69. The summed E-state index contributed by atoms with van der Waals surface area (Å²) in [6.45, 7) is 5.71. The van der Waals surface area contributed by atoms with Gasteiger partial charge in [-0.05, 0) is 18.9 Å². The van der Waals surface area contributed by atoms with Crippen LogP contribution in [0, 0.1) is 29.3 Å². The third-order valence-corrected chi connectivity index (χ3v) is 7.05. The van der Waals surface area contributed by atoms with E-state index in [9.17, 15) is 18.4 Å². The number of carbonyl (C=O) groups is 2. The highest BCUT2D eigenvalue weighted by atomic mass is 32.1. The number of primary amides is 1. The number of amides is 2. The number of thiol groups is 1. The van der Waals surface area contributed by atoms with E-state index in [4.69, 9.17) is 23.1 Å². The molecule has 0 bridgehead atoms. The van der Waals surface area contributed by atoms with Crippen LogP contribution in [-0.2, 0) is 20.9 Å². The molecular formula is C25H26F3N7O3S. The zero-order valence-electron chi connectivity index (χ0n) is 21.4. The summed E-state index contributed by atoms with van der Waals surface area (Å²) >= 11 is 4.80. The van der Waals surface area contributed by atoms with Crippen LogP contribution in [0.2, 0.25) is 0 Å². The number of benzene rings is 1. The molecule has 1 aromatic carbocycles. The standard InChI is InChI=1S/C25H26F3N7O3S/c1-5-16(36)34-11-25(39,9-13(34)10-38-4)35-24(30-3)17(23(29)37)15(32-35)8-7-14-18(26)20(28)22-21(19(14)27)31-12-33(22)6-2/h5,12-13,30,39H,1,6,9-11H2,2-4H3,(H2,29,37)/t13-,25-/m1/s1. The van der Waals surface area contributed by atoms with Crippen molar-refractivity contribution in [3.05, 3.63) is 53.3 Å². The van der Waals surface area contributed by atoms with Gasteiger partial charge in [-0.25, -0.2) is 22.8 Å². The molecule has 14 heteroatoms. The molecule has 4 rings (SSSR count). The van der Waals surface area contributed by atoms with Gasteiger partial charge in [0.1, 0.15) is 32.8 Å². The monoisotopic (exact) mass is 561 g/mol. The zero-order chi connectivity index (χ0) is 28.6. The van der Waals surface area contributed by atoms with Gasteiger partial charge in [0.25, 0.3) is 5.91 Å². The molecule has 10 nitrogen and oxygen atoms in total. The second kappa shape index (κ2) is 10.7. The Balaban J connectivity index is 1.86. The molecule has 1 fully saturated rings. The fourth-order valence-corrected chi connectivity index (χ4v) is 5.28. The lowest BCUT2D eigenvalue weighted by Gasteiger charge is -2.26. The number of nitrogens with one attached hydrogen (secondary N) is 1. The Morgan fingerprint density at radius 1 is 1.33 bits per heavy atom. The summed E-state index contributed by atoms with van der Waals surface area (Å²) < 4.78 is 52.8. The van der Waals surface area contributed by atoms with Gasteiger partial charge in [0, 0.05) is 27.1 Å². The summed E-state index contributed by atoms with van der Waals surface area (Å²) in [5.41, 5.74) is 3.65. The van der Waals surface area contributed by atoms with E-state index in [2.05, 4.69) is 33.8 Å². The van der Waals surface area contributed by atoms with E-state index in [-0.39, 0.29) is 66.2 Å². The number of anilines is 1. The summed E-state index contributed by atoms with van der Waals surface area (Å²) in [4.78, 5) is 29.1. The minimum absolute atomic E-state index is 0.0572. The Hall–Kier alpha value is -3.96. The molecule has 0 radical (unpaired) electrons. The first-order valence-corrected chi connectivity index (χ1v) is 12.3. The van der Waals surface area contributed by atoms with Gasteiger partial charge in [-0.3, -0.25) is 9.59 Å². The third kappa shape index (κ3) is 4.61. The number of aromatic nitrogens is 4. The van der Waals surface area contributed by atoms with Crippen molar-refractivity contribution in [1.29, 1.82) is 0 Å². The highest BCUT2D eigenvalue weighted by Gasteiger charge is 2.47. The Bertz CT molecular complexity index is 1560. The molecule has 1 aliphatic rings. The molecule has 2 amide bonds. The number of rotatable bonds is 7. The lowest BCUT2D eigenvalue weighted by molar-refractivity contribution is -0.127. The van der Waals surface area contributed by atoms with Gasteiger partial charge in [0.15, 0.2) is 23.1 Å². The first-order chi connectivity index (χ1) is 18.5. The average molecular weight is 562 g/mol. The number of nitrogens with two attached hydrogens (primary N) is 1. The molecule has 2 atom stereocenters. The third-order valence-electron chi connectivity index (χ3n) is 6.54. The molecule has 3 aromatic rings. The van der Waals surface area contributed by atoms with Crippen LogP contribution < -0.4 is 11.1 Å². The van der Waals surface area contributed by atoms with Crippen LogP contribution >= 0.6 is 12.6 Å². The van der Waals surface area contributed by atoms with Crippen molar-refractivity contribution in [3.63, 3.8) is 0 Å². The van der Waals surface area contributed by atoms with E-state index < -0.39 is 33.8 Å². The normalized spacial score (nSPS) is 18.7. The van der Waals surface area contributed by atoms with E-state index >= 15 is 4.39 Å². The van der Waals surface area contributed by atoms with E-state index in [1.165, 1.54) is 40.7 Å². The fraction of sp³-hybridized carbons (Fsp3) is 0.360. The highest BCUT2D eigenvalue weighted by molar-refractivity contribution is 7.81. The number of fused-ring (bicyclic) bond motifs is 1. The fourth-order valence-electron chi connectivity index (χ4n) is 4.77. The van der Waals surface area contributed by atoms with E-state index in [1.807, 2.05) is 0 Å². The quantitative estimate of drug-likeness (QED) is 0.176. The molecule has 206 valence electrons. The number of hydrogen-bond acceptors (Lipinski definition) is 7. The number of imidazole rings is 1. The van der Waals surface area contributed by atoms with Crippen molar-refractivity contribution in [2.45, 2.75) is 30.8 Å². The van der Waals surface area contributed by atoms with Crippen LogP contribution in [-0.4, -0.2) is 69.4 Å². The molecule has 1 aliphatic heterocycles. The molecule has 3 heterocycles. The number of halogens is 3. The number of ether oxygens (including phenoxy) is 1. The summed E-state index contributed by atoms with van der Waals surface area (Å²) in [6.07, 6.45) is 2.62. The van der Waals surface area contributed by atoms with Gasteiger partial charge in [0.05, 0.1) is 25.5 Å². The molecule has 3 N–H and O–H groups in total. The smallest absolute Gasteiger partial charge is 0.255 e. The summed E-state index contributed by atoms with van der Waals surface area (Å²) in [7, 11) is 3.00. The Morgan fingerprint density at radius 2 is 2.05 bits per heavy atom. The molecule has 0 saturated carbocycles. The van der Waals surface area contributed by atoms with Crippen molar-refractivity contribution < 1.29 is 27.5 Å². The molecule has 0 spiro atoms. The van der Waals surface area contributed by atoms with Crippen LogP contribution in [0.3, 0.4) is 0 Å². The first kappa shape index (κ1) is 28.1. The maximum absolute atomic E-state index is 15.2.